The summed E-state index contributed by atoms with van der Waals surface area (Å²) >= 11 is 6.42. The van der Waals surface area contributed by atoms with Gasteiger partial charge in [0, 0.05) is 29.8 Å². The monoisotopic (exact) mass is 665 g/mol. The van der Waals surface area contributed by atoms with E-state index in [1.165, 1.54) is 19.2 Å². The lowest BCUT2D eigenvalue weighted by molar-refractivity contribution is -0.274. The Bertz CT molecular complexity index is 1600. The number of halogens is 4. The number of aryl methyl sites for hydroxylation is 1. The van der Waals surface area contributed by atoms with Crippen molar-refractivity contribution in [1.82, 2.24) is 4.98 Å². The lowest BCUT2D eigenvalue weighted by Crippen LogP contribution is -2.17. The molecule has 0 atom stereocenters. The van der Waals surface area contributed by atoms with E-state index in [4.69, 9.17) is 44.8 Å². The third kappa shape index (κ3) is 9.85. The predicted molar refractivity (Wildman–Crippen MR) is 162 cm³/mol. The number of aromatic nitrogens is 1. The molecule has 46 heavy (non-hydrogen) atoms. The van der Waals surface area contributed by atoms with E-state index in [-0.39, 0.29) is 29.7 Å². The summed E-state index contributed by atoms with van der Waals surface area (Å²) in [6.07, 6.45) is -5.75. The van der Waals surface area contributed by atoms with Crippen molar-refractivity contribution in [2.45, 2.75) is 13.3 Å². The Balaban J connectivity index is 1.51. The molecule has 0 aliphatic carbocycles. The molecule has 0 saturated carbocycles. The molecule has 0 aliphatic heterocycles. The van der Waals surface area contributed by atoms with Crippen molar-refractivity contribution in [3.8, 4) is 39.9 Å². The number of fused-ring (bicyclic) bond motifs is 1. The fourth-order valence-electron chi connectivity index (χ4n) is 4.25. The van der Waals surface area contributed by atoms with Gasteiger partial charge in [-0.1, -0.05) is 23.7 Å². The topological polar surface area (TPSA) is 104 Å². The number of hydrogen-bond acceptors (Lipinski definition) is 10. The summed E-state index contributed by atoms with van der Waals surface area (Å²) in [6.45, 7) is 3.46. The van der Waals surface area contributed by atoms with E-state index in [9.17, 15) is 18.0 Å². The van der Waals surface area contributed by atoms with Gasteiger partial charge in [-0.05, 0) is 55.0 Å². The number of alkyl halides is 3. The molecule has 4 aromatic rings. The van der Waals surface area contributed by atoms with Gasteiger partial charge >= 0.3 is 12.5 Å². The van der Waals surface area contributed by atoms with E-state index < -0.39 is 12.5 Å². The number of methoxy groups -OCH3 is 2. The van der Waals surface area contributed by atoms with Gasteiger partial charge in [0.05, 0.1) is 50.7 Å². The molecule has 0 bridgehead atoms. The maximum atomic E-state index is 12.8. The second kappa shape index (κ2) is 16.3. The number of rotatable bonds is 15. The van der Waals surface area contributed by atoms with Crippen LogP contribution in [0.5, 0.6) is 28.7 Å². The van der Waals surface area contributed by atoms with Crippen molar-refractivity contribution in [2.75, 3.05) is 53.9 Å². The van der Waals surface area contributed by atoms with Crippen molar-refractivity contribution in [3.05, 3.63) is 71.4 Å². The highest BCUT2D eigenvalue weighted by Gasteiger charge is 2.31. The van der Waals surface area contributed by atoms with E-state index in [1.807, 2.05) is 0 Å². The first-order valence-corrected chi connectivity index (χ1v) is 14.3. The first-order valence-electron chi connectivity index (χ1n) is 13.9. The first kappa shape index (κ1) is 34.6. The van der Waals surface area contributed by atoms with Gasteiger partial charge in [0.2, 0.25) is 0 Å². The normalized spacial score (nSPS) is 11.4. The predicted octanol–water partition coefficient (Wildman–Crippen LogP) is 7.76. The van der Waals surface area contributed by atoms with Crippen molar-refractivity contribution >= 4 is 28.7 Å². The van der Waals surface area contributed by atoms with Crippen molar-refractivity contribution < 1.29 is 55.9 Å². The summed E-state index contributed by atoms with van der Waals surface area (Å²) < 4.78 is 79.0. The van der Waals surface area contributed by atoms with Crippen LogP contribution < -0.4 is 18.9 Å². The number of carbonyl (C=O) groups excluding carboxylic acids is 1. The molecule has 0 amide bonds. The fourth-order valence-corrected chi connectivity index (χ4v) is 4.49. The molecule has 3 aromatic carbocycles. The van der Waals surface area contributed by atoms with E-state index >= 15 is 0 Å². The van der Waals surface area contributed by atoms with Crippen LogP contribution in [0.25, 0.3) is 22.0 Å². The van der Waals surface area contributed by atoms with Gasteiger partial charge in [-0.15, -0.1) is 13.2 Å². The number of carbonyl (C=O) groups is 1. The SMILES string of the molecule is COCCOCCOCCOC(=O)Oc1c(-c2ccc(Oc3ccc(OC(F)(F)F)cc3)cc2)c(C)nc2cc(OC)c(Cl)cc12. The summed E-state index contributed by atoms with van der Waals surface area (Å²) in [5.74, 6) is 0.889. The second-order valence-corrected chi connectivity index (χ2v) is 9.88. The maximum absolute atomic E-state index is 12.8. The zero-order valence-corrected chi connectivity index (χ0v) is 25.9. The number of ether oxygens (including phenoxy) is 8. The molecule has 0 fully saturated rings. The summed E-state index contributed by atoms with van der Waals surface area (Å²) in [4.78, 5) is 17.5. The third-order valence-corrected chi connectivity index (χ3v) is 6.56. The Kier molecular flexibility index (Phi) is 12.3. The average Bonchev–Trinajstić information content (AvgIpc) is 3.01. The second-order valence-electron chi connectivity index (χ2n) is 9.47. The Labute approximate surface area is 267 Å². The lowest BCUT2D eigenvalue weighted by atomic mass is 10.00. The van der Waals surface area contributed by atoms with Gasteiger partial charge in [-0.2, -0.15) is 0 Å². The largest absolute Gasteiger partial charge is 0.573 e. The Morgan fingerprint density at radius 2 is 1.41 bits per heavy atom. The van der Waals surface area contributed by atoms with Crippen LogP contribution in [0, 0.1) is 6.92 Å². The molecule has 0 radical (unpaired) electrons. The number of benzene rings is 3. The van der Waals surface area contributed by atoms with Crippen LogP contribution in [0.1, 0.15) is 5.69 Å². The van der Waals surface area contributed by atoms with Crippen LogP contribution in [0.4, 0.5) is 18.0 Å². The minimum atomic E-state index is -4.79. The Hall–Kier alpha value is -4.30. The Morgan fingerprint density at radius 3 is 2.02 bits per heavy atom. The molecule has 0 N–H and O–H groups in total. The van der Waals surface area contributed by atoms with Crippen LogP contribution in [0.2, 0.25) is 5.02 Å². The molecule has 14 heteroatoms. The zero-order chi connectivity index (χ0) is 33.1. The highest BCUT2D eigenvalue weighted by atomic mass is 35.5. The maximum Gasteiger partial charge on any atom is 0.573 e. The minimum absolute atomic E-state index is 0.0574. The molecule has 0 aliphatic rings. The van der Waals surface area contributed by atoms with Crippen molar-refractivity contribution in [1.29, 1.82) is 0 Å². The van der Waals surface area contributed by atoms with Crippen LogP contribution in [-0.4, -0.2) is 71.4 Å². The summed E-state index contributed by atoms with van der Waals surface area (Å²) in [5.41, 5.74) is 2.13. The van der Waals surface area contributed by atoms with Gasteiger partial charge in [-0.3, -0.25) is 4.98 Å². The molecule has 0 spiro atoms. The van der Waals surface area contributed by atoms with Gasteiger partial charge in [0.1, 0.15) is 29.6 Å². The lowest BCUT2D eigenvalue weighted by Gasteiger charge is -2.17. The molecule has 246 valence electrons. The molecular formula is C32H31ClF3NO9. The molecule has 0 unspecified atom stereocenters. The zero-order valence-electron chi connectivity index (χ0n) is 25.1. The van der Waals surface area contributed by atoms with E-state index in [0.29, 0.717) is 71.4 Å². The van der Waals surface area contributed by atoms with Crippen LogP contribution in [-0.2, 0) is 18.9 Å². The van der Waals surface area contributed by atoms with Gasteiger partial charge in [0.15, 0.2) is 5.75 Å². The van der Waals surface area contributed by atoms with Crippen LogP contribution in [0.15, 0.2) is 60.7 Å². The fraction of sp³-hybridized carbons (Fsp3) is 0.312. The van der Waals surface area contributed by atoms with Crippen LogP contribution in [0.3, 0.4) is 0 Å². The van der Waals surface area contributed by atoms with Crippen LogP contribution >= 0.6 is 11.6 Å². The third-order valence-electron chi connectivity index (χ3n) is 6.26. The summed E-state index contributed by atoms with van der Waals surface area (Å²) in [5, 5.41) is 0.718. The highest BCUT2D eigenvalue weighted by molar-refractivity contribution is 6.33. The molecule has 0 saturated heterocycles. The number of hydrogen-bond donors (Lipinski definition) is 0. The molecule has 10 nitrogen and oxygen atoms in total. The molecular weight excluding hydrogens is 635 g/mol. The molecule has 1 aromatic heterocycles. The highest BCUT2D eigenvalue weighted by Crippen LogP contribution is 2.42. The van der Waals surface area contributed by atoms with Gasteiger partial charge in [0.25, 0.3) is 0 Å². The van der Waals surface area contributed by atoms with Gasteiger partial charge in [-0.25, -0.2) is 4.79 Å². The van der Waals surface area contributed by atoms with Crippen molar-refractivity contribution in [3.63, 3.8) is 0 Å². The summed E-state index contributed by atoms with van der Waals surface area (Å²) in [6, 6.07) is 15.0. The first-order chi connectivity index (χ1) is 22.1. The van der Waals surface area contributed by atoms with E-state index in [1.54, 1.807) is 50.4 Å². The number of nitrogens with zero attached hydrogens (tertiary/aromatic N) is 1. The Morgan fingerprint density at radius 1 is 0.826 bits per heavy atom. The molecule has 4 rings (SSSR count). The minimum Gasteiger partial charge on any atom is -0.495 e. The van der Waals surface area contributed by atoms with E-state index in [2.05, 4.69) is 9.72 Å². The van der Waals surface area contributed by atoms with Crippen molar-refractivity contribution in [2.24, 2.45) is 0 Å². The summed E-state index contributed by atoms with van der Waals surface area (Å²) in [7, 11) is 3.06. The average molecular weight is 666 g/mol. The van der Waals surface area contributed by atoms with E-state index in [0.717, 1.165) is 12.1 Å². The molecule has 1 heterocycles. The quantitative estimate of drug-likeness (QED) is 0.0924. The number of pyridine rings is 1. The standard InChI is InChI=1S/C32H31ClF3NO9/c1-20-29(21-4-6-22(7-5-21)44-23-8-10-24(11-9-23)46-32(34,35)36)30(25-18-26(33)28(40-3)19-27(25)37-20)45-31(38)43-17-16-42-15-14-41-13-12-39-2/h4-11,18-19H,12-17H2,1-3H3. The van der Waals surface area contributed by atoms with Gasteiger partial charge < -0.3 is 37.9 Å². The smallest absolute Gasteiger partial charge is 0.495 e.